The maximum atomic E-state index is 12.6. The van der Waals surface area contributed by atoms with Crippen LogP contribution in [0, 0.1) is 0 Å². The number of methoxy groups -OCH3 is 1. The molecule has 0 saturated carbocycles. The Morgan fingerprint density at radius 3 is 2.71 bits per heavy atom. The summed E-state index contributed by atoms with van der Waals surface area (Å²) in [7, 11) is 1.58. The summed E-state index contributed by atoms with van der Waals surface area (Å²) < 4.78 is 7.02. The lowest BCUT2D eigenvalue weighted by molar-refractivity contribution is -0.121. The number of nitrogens with zero attached hydrogens (tertiary/aromatic N) is 2. The number of hydrogen-bond donors (Lipinski definition) is 2. The Bertz CT molecular complexity index is 981. The lowest BCUT2D eigenvalue weighted by Gasteiger charge is -2.11. The number of anilines is 1. The molecule has 7 heteroatoms. The molecule has 0 radical (unpaired) electrons. The molecule has 1 aromatic heterocycles. The van der Waals surface area contributed by atoms with Crippen molar-refractivity contribution >= 4 is 28.5 Å². The van der Waals surface area contributed by atoms with E-state index >= 15 is 0 Å². The summed E-state index contributed by atoms with van der Waals surface area (Å²) >= 11 is 0. The molecule has 3 rings (SSSR count). The van der Waals surface area contributed by atoms with Crippen molar-refractivity contribution < 1.29 is 14.3 Å². The largest absolute Gasteiger partial charge is 0.497 e. The van der Waals surface area contributed by atoms with E-state index in [0.29, 0.717) is 23.7 Å². The average molecular weight is 380 g/mol. The van der Waals surface area contributed by atoms with Crippen LogP contribution < -0.4 is 15.4 Å². The second-order valence-corrected chi connectivity index (χ2v) is 6.41. The lowest BCUT2D eigenvalue weighted by Crippen LogP contribution is -2.26. The van der Waals surface area contributed by atoms with Gasteiger partial charge in [-0.05, 0) is 30.7 Å². The molecular weight excluding hydrogens is 356 g/mol. The quantitative estimate of drug-likeness (QED) is 0.629. The Hall–Kier alpha value is -3.35. The first-order chi connectivity index (χ1) is 13.6. The maximum absolute atomic E-state index is 12.6. The fourth-order valence-corrected chi connectivity index (χ4v) is 2.97. The van der Waals surface area contributed by atoms with Crippen molar-refractivity contribution in [1.29, 1.82) is 0 Å². The second kappa shape index (κ2) is 9.03. The van der Waals surface area contributed by atoms with Crippen LogP contribution in [0.15, 0.2) is 48.5 Å². The van der Waals surface area contributed by atoms with E-state index in [1.807, 2.05) is 47.9 Å². The lowest BCUT2D eigenvalue weighted by atomic mass is 10.3. The molecule has 0 bridgehead atoms. The molecule has 0 aliphatic carbocycles. The SMILES string of the molecule is CCCC(=O)NCc1nc2ccccc2n1CC(=O)Nc1cccc(OC)c1. The minimum absolute atomic E-state index is 0.0260. The van der Waals surface area contributed by atoms with Crippen LogP contribution in [0.5, 0.6) is 5.75 Å². The third kappa shape index (κ3) is 4.68. The molecule has 28 heavy (non-hydrogen) atoms. The number of imidazole rings is 1. The molecule has 0 spiro atoms. The van der Waals surface area contributed by atoms with Gasteiger partial charge in [0, 0.05) is 18.2 Å². The highest BCUT2D eigenvalue weighted by atomic mass is 16.5. The third-order valence-corrected chi connectivity index (χ3v) is 4.31. The minimum Gasteiger partial charge on any atom is -0.497 e. The van der Waals surface area contributed by atoms with Crippen molar-refractivity contribution in [2.75, 3.05) is 12.4 Å². The van der Waals surface area contributed by atoms with Gasteiger partial charge < -0.3 is 19.9 Å². The number of fused-ring (bicyclic) bond motifs is 1. The van der Waals surface area contributed by atoms with Crippen LogP contribution >= 0.6 is 0 Å². The van der Waals surface area contributed by atoms with Gasteiger partial charge in [0.1, 0.15) is 18.1 Å². The molecule has 0 unspecified atom stereocenters. The van der Waals surface area contributed by atoms with Crippen molar-refractivity contribution in [3.8, 4) is 5.75 Å². The molecule has 1 heterocycles. The van der Waals surface area contributed by atoms with Crippen molar-refractivity contribution in [3.05, 3.63) is 54.4 Å². The van der Waals surface area contributed by atoms with Gasteiger partial charge in [0.05, 0.1) is 24.7 Å². The molecule has 0 aliphatic rings. The summed E-state index contributed by atoms with van der Waals surface area (Å²) in [5.74, 6) is 1.11. The van der Waals surface area contributed by atoms with Crippen LogP contribution in [0.25, 0.3) is 11.0 Å². The summed E-state index contributed by atoms with van der Waals surface area (Å²) in [6.45, 7) is 2.33. The third-order valence-electron chi connectivity index (χ3n) is 4.31. The highest BCUT2D eigenvalue weighted by Crippen LogP contribution is 2.19. The molecule has 146 valence electrons. The maximum Gasteiger partial charge on any atom is 0.244 e. The topological polar surface area (TPSA) is 85.2 Å². The number of hydrogen-bond acceptors (Lipinski definition) is 4. The number of carbonyl (C=O) groups is 2. The Kier molecular flexibility index (Phi) is 6.26. The van der Waals surface area contributed by atoms with Gasteiger partial charge in [0.2, 0.25) is 11.8 Å². The zero-order chi connectivity index (χ0) is 19.9. The molecule has 0 saturated heterocycles. The average Bonchev–Trinajstić information content (AvgIpc) is 3.04. The number of ether oxygens (including phenoxy) is 1. The van der Waals surface area contributed by atoms with Gasteiger partial charge in [-0.15, -0.1) is 0 Å². The first-order valence-electron chi connectivity index (χ1n) is 9.25. The first kappa shape index (κ1) is 19.4. The summed E-state index contributed by atoms with van der Waals surface area (Å²) in [4.78, 5) is 29.0. The minimum atomic E-state index is -0.183. The van der Waals surface area contributed by atoms with E-state index in [0.717, 1.165) is 17.5 Å². The molecule has 0 fully saturated rings. The Balaban J connectivity index is 1.79. The predicted molar refractivity (Wildman–Crippen MR) is 108 cm³/mol. The highest BCUT2D eigenvalue weighted by Gasteiger charge is 2.14. The zero-order valence-corrected chi connectivity index (χ0v) is 16.1. The van der Waals surface area contributed by atoms with Gasteiger partial charge in [-0.1, -0.05) is 25.1 Å². The van der Waals surface area contributed by atoms with Crippen molar-refractivity contribution in [2.24, 2.45) is 0 Å². The number of benzene rings is 2. The number of para-hydroxylation sites is 2. The first-order valence-corrected chi connectivity index (χ1v) is 9.25. The van der Waals surface area contributed by atoms with Crippen molar-refractivity contribution in [2.45, 2.75) is 32.9 Å². The number of nitrogens with one attached hydrogen (secondary N) is 2. The Morgan fingerprint density at radius 2 is 1.93 bits per heavy atom. The number of carbonyl (C=O) groups excluding carboxylic acids is 2. The molecule has 0 atom stereocenters. The number of rotatable bonds is 8. The molecule has 3 aromatic rings. The molecule has 2 aromatic carbocycles. The van der Waals surface area contributed by atoms with E-state index in [9.17, 15) is 9.59 Å². The van der Waals surface area contributed by atoms with Crippen LogP contribution in [0.2, 0.25) is 0 Å². The van der Waals surface area contributed by atoms with Crippen LogP contribution in [0.4, 0.5) is 5.69 Å². The van der Waals surface area contributed by atoms with E-state index in [4.69, 9.17) is 4.74 Å². The zero-order valence-electron chi connectivity index (χ0n) is 16.1. The number of amides is 2. The molecule has 7 nitrogen and oxygen atoms in total. The smallest absolute Gasteiger partial charge is 0.244 e. The normalized spacial score (nSPS) is 10.6. The monoisotopic (exact) mass is 380 g/mol. The van der Waals surface area contributed by atoms with E-state index in [-0.39, 0.29) is 24.9 Å². The van der Waals surface area contributed by atoms with Gasteiger partial charge in [0.25, 0.3) is 0 Å². The predicted octanol–water partition coefficient (Wildman–Crippen LogP) is 3.10. The van der Waals surface area contributed by atoms with Crippen molar-refractivity contribution in [3.63, 3.8) is 0 Å². The van der Waals surface area contributed by atoms with Gasteiger partial charge in [-0.2, -0.15) is 0 Å². The summed E-state index contributed by atoms with van der Waals surface area (Å²) in [6, 6.07) is 14.8. The van der Waals surface area contributed by atoms with Gasteiger partial charge in [-0.25, -0.2) is 4.98 Å². The van der Waals surface area contributed by atoms with Gasteiger partial charge in [0.15, 0.2) is 0 Å². The van der Waals surface area contributed by atoms with Crippen LogP contribution in [0.3, 0.4) is 0 Å². The van der Waals surface area contributed by atoms with E-state index in [1.54, 1.807) is 19.2 Å². The standard InChI is InChI=1S/C21H24N4O3/c1-3-7-20(26)22-13-19-24-17-10-4-5-11-18(17)25(19)14-21(27)23-15-8-6-9-16(12-15)28-2/h4-6,8-12H,3,7,13-14H2,1-2H3,(H,22,26)(H,23,27). The summed E-state index contributed by atoms with van der Waals surface area (Å²) in [6.07, 6.45) is 1.25. The fourth-order valence-electron chi connectivity index (χ4n) is 2.97. The highest BCUT2D eigenvalue weighted by molar-refractivity contribution is 5.92. The fraction of sp³-hybridized carbons (Fsp3) is 0.286. The van der Waals surface area contributed by atoms with Crippen molar-refractivity contribution in [1.82, 2.24) is 14.9 Å². The Labute approximate surface area is 163 Å². The van der Waals surface area contributed by atoms with Gasteiger partial charge >= 0.3 is 0 Å². The molecule has 0 aliphatic heterocycles. The summed E-state index contributed by atoms with van der Waals surface area (Å²) in [5, 5.41) is 5.75. The summed E-state index contributed by atoms with van der Waals surface area (Å²) in [5.41, 5.74) is 2.30. The van der Waals surface area contributed by atoms with E-state index in [1.165, 1.54) is 0 Å². The molecule has 2 N–H and O–H groups in total. The van der Waals surface area contributed by atoms with E-state index in [2.05, 4.69) is 15.6 Å². The van der Waals surface area contributed by atoms with E-state index < -0.39 is 0 Å². The van der Waals surface area contributed by atoms with Crippen LogP contribution in [0.1, 0.15) is 25.6 Å². The van der Waals surface area contributed by atoms with Gasteiger partial charge in [-0.3, -0.25) is 9.59 Å². The molecular formula is C21H24N4O3. The number of aromatic nitrogens is 2. The van der Waals surface area contributed by atoms with Crippen LogP contribution in [-0.4, -0.2) is 28.5 Å². The van der Waals surface area contributed by atoms with Crippen LogP contribution in [-0.2, 0) is 22.7 Å². The second-order valence-electron chi connectivity index (χ2n) is 6.41. The Morgan fingerprint density at radius 1 is 1.11 bits per heavy atom. The molecule has 2 amide bonds.